The molecule has 0 radical (unpaired) electrons. The van der Waals surface area contributed by atoms with Crippen LogP contribution in [0.3, 0.4) is 0 Å². The van der Waals surface area contributed by atoms with Crippen molar-refractivity contribution in [2.45, 2.75) is 12.8 Å². The van der Waals surface area contributed by atoms with Crippen LogP contribution in [0.1, 0.15) is 12.0 Å². The van der Waals surface area contributed by atoms with E-state index in [1.165, 1.54) is 4.31 Å². The van der Waals surface area contributed by atoms with E-state index in [0.29, 0.717) is 25.6 Å². The Kier molecular flexibility index (Phi) is 9.32. The summed E-state index contributed by atoms with van der Waals surface area (Å²) in [6.45, 7) is 2.35. The highest BCUT2D eigenvalue weighted by atomic mass is 127. The molecule has 1 heterocycles. The van der Waals surface area contributed by atoms with E-state index in [1.54, 1.807) is 7.05 Å². The van der Waals surface area contributed by atoms with Crippen molar-refractivity contribution < 1.29 is 8.42 Å². The first-order valence-electron chi connectivity index (χ1n) is 7.68. The minimum Gasteiger partial charge on any atom is -0.356 e. The van der Waals surface area contributed by atoms with Gasteiger partial charge in [0.1, 0.15) is 0 Å². The summed E-state index contributed by atoms with van der Waals surface area (Å²) in [6, 6.07) is 7.76. The van der Waals surface area contributed by atoms with E-state index in [2.05, 4.69) is 15.6 Å². The molecule has 1 fully saturated rings. The summed E-state index contributed by atoms with van der Waals surface area (Å²) in [5.74, 6) is 0.934. The van der Waals surface area contributed by atoms with Crippen LogP contribution in [0.2, 0.25) is 5.02 Å². The van der Waals surface area contributed by atoms with Gasteiger partial charge in [0.25, 0.3) is 0 Å². The number of guanidine groups is 1. The number of sulfonamides is 1. The summed E-state index contributed by atoms with van der Waals surface area (Å²) in [5.41, 5.74) is 1.16. The average Bonchev–Trinajstić information content (AvgIpc) is 2.84. The fraction of sp³-hybridized carbons (Fsp3) is 0.533. The van der Waals surface area contributed by atoms with Crippen LogP contribution in [-0.4, -0.2) is 57.7 Å². The Hall–Kier alpha value is -0.580. The van der Waals surface area contributed by atoms with Crippen molar-refractivity contribution in [1.82, 2.24) is 14.9 Å². The highest BCUT2D eigenvalue weighted by molar-refractivity contribution is 14.0. The van der Waals surface area contributed by atoms with Gasteiger partial charge in [0, 0.05) is 38.2 Å². The molecule has 0 aliphatic carbocycles. The third-order valence-electron chi connectivity index (χ3n) is 3.68. The number of nitrogens with one attached hydrogen (secondary N) is 2. The second-order valence-electron chi connectivity index (χ2n) is 5.37. The average molecular weight is 487 g/mol. The number of hydrogen-bond donors (Lipinski definition) is 2. The van der Waals surface area contributed by atoms with E-state index in [1.807, 2.05) is 24.3 Å². The number of aliphatic imine (C=N–C) groups is 1. The van der Waals surface area contributed by atoms with Crippen LogP contribution in [0.5, 0.6) is 0 Å². The Morgan fingerprint density at radius 1 is 1.33 bits per heavy atom. The summed E-state index contributed by atoms with van der Waals surface area (Å²) >= 11 is 5.96. The lowest BCUT2D eigenvalue weighted by molar-refractivity contribution is 0.445. The smallest absolute Gasteiger partial charge is 0.214 e. The minimum atomic E-state index is -3.03. The number of benzene rings is 1. The molecule has 1 saturated heterocycles. The molecule has 0 spiro atoms. The van der Waals surface area contributed by atoms with Crippen LogP contribution in [0.15, 0.2) is 29.3 Å². The molecular formula is C15H24ClIN4O2S. The van der Waals surface area contributed by atoms with Crippen LogP contribution in [0.4, 0.5) is 0 Å². The van der Waals surface area contributed by atoms with Crippen LogP contribution in [0, 0.1) is 0 Å². The summed E-state index contributed by atoms with van der Waals surface area (Å²) in [7, 11) is -1.33. The number of hydrogen-bond acceptors (Lipinski definition) is 3. The third-order valence-corrected chi connectivity index (χ3v) is 5.87. The van der Waals surface area contributed by atoms with Crippen LogP contribution >= 0.6 is 35.6 Å². The number of nitrogens with zero attached hydrogens (tertiary/aromatic N) is 2. The van der Waals surface area contributed by atoms with E-state index in [9.17, 15) is 8.42 Å². The van der Waals surface area contributed by atoms with E-state index < -0.39 is 10.0 Å². The number of halogens is 2. The van der Waals surface area contributed by atoms with E-state index in [4.69, 9.17) is 11.6 Å². The molecular weight excluding hydrogens is 463 g/mol. The van der Waals surface area contributed by atoms with Crippen LogP contribution < -0.4 is 10.6 Å². The molecule has 2 rings (SSSR count). The Morgan fingerprint density at radius 2 is 2.08 bits per heavy atom. The van der Waals surface area contributed by atoms with Gasteiger partial charge in [-0.05, 0) is 30.5 Å². The standard InChI is InChI=1S/C15H23ClN4O2S.HI/c1-17-15(18-7-6-13-4-2-5-14(16)12-13)19-8-10-20-9-3-11-23(20,21)22;/h2,4-5,12H,3,6-11H2,1H3,(H2,17,18,19);1H. The van der Waals surface area contributed by atoms with Crippen molar-refractivity contribution in [2.75, 3.05) is 39.0 Å². The van der Waals surface area contributed by atoms with Crippen LogP contribution in [0.25, 0.3) is 0 Å². The zero-order valence-electron chi connectivity index (χ0n) is 13.7. The maximum atomic E-state index is 11.7. The molecule has 24 heavy (non-hydrogen) atoms. The molecule has 0 amide bonds. The molecule has 2 N–H and O–H groups in total. The normalized spacial score (nSPS) is 17.3. The van der Waals surface area contributed by atoms with Crippen LogP contribution in [-0.2, 0) is 16.4 Å². The molecule has 0 saturated carbocycles. The predicted octanol–water partition coefficient (Wildman–Crippen LogP) is 1.70. The molecule has 0 aromatic heterocycles. The van der Waals surface area contributed by atoms with Gasteiger partial charge in [0.05, 0.1) is 5.75 Å². The SMILES string of the molecule is CN=C(NCCc1cccc(Cl)c1)NCCN1CCCS1(=O)=O.I. The Bertz CT molecular complexity index is 655. The fourth-order valence-electron chi connectivity index (χ4n) is 2.48. The minimum absolute atomic E-state index is 0. The van der Waals surface area contributed by atoms with Gasteiger partial charge in [-0.15, -0.1) is 24.0 Å². The first-order chi connectivity index (χ1) is 11.0. The van der Waals surface area contributed by atoms with Crippen molar-refractivity contribution in [3.63, 3.8) is 0 Å². The second kappa shape index (κ2) is 10.4. The molecule has 0 unspecified atom stereocenters. The lowest BCUT2D eigenvalue weighted by Crippen LogP contribution is -2.42. The second-order valence-corrected chi connectivity index (χ2v) is 7.90. The highest BCUT2D eigenvalue weighted by Gasteiger charge is 2.27. The zero-order valence-corrected chi connectivity index (χ0v) is 17.6. The molecule has 0 atom stereocenters. The van der Waals surface area contributed by atoms with Gasteiger partial charge in [-0.2, -0.15) is 0 Å². The Balaban J connectivity index is 0.00000288. The van der Waals surface area contributed by atoms with E-state index in [0.717, 1.165) is 30.0 Å². The monoisotopic (exact) mass is 486 g/mol. The first-order valence-corrected chi connectivity index (χ1v) is 9.67. The molecule has 1 aliphatic heterocycles. The maximum Gasteiger partial charge on any atom is 0.214 e. The first kappa shape index (κ1) is 21.5. The summed E-state index contributed by atoms with van der Waals surface area (Å²) < 4.78 is 24.9. The molecule has 9 heteroatoms. The van der Waals surface area contributed by atoms with Gasteiger partial charge in [-0.3, -0.25) is 4.99 Å². The third kappa shape index (κ3) is 6.73. The molecule has 1 aliphatic rings. The summed E-state index contributed by atoms with van der Waals surface area (Å²) in [6.07, 6.45) is 1.55. The quantitative estimate of drug-likeness (QED) is 0.365. The highest BCUT2D eigenvalue weighted by Crippen LogP contribution is 2.12. The molecule has 136 valence electrons. The predicted molar refractivity (Wildman–Crippen MR) is 110 cm³/mol. The largest absolute Gasteiger partial charge is 0.356 e. The molecule has 1 aromatic rings. The van der Waals surface area contributed by atoms with Gasteiger partial charge in [-0.1, -0.05) is 23.7 Å². The van der Waals surface area contributed by atoms with Crippen molar-refractivity contribution in [2.24, 2.45) is 4.99 Å². The van der Waals surface area contributed by atoms with Crippen molar-refractivity contribution in [3.05, 3.63) is 34.9 Å². The molecule has 1 aromatic carbocycles. The van der Waals surface area contributed by atoms with Crippen molar-refractivity contribution in [1.29, 1.82) is 0 Å². The topological polar surface area (TPSA) is 73.8 Å². The number of rotatable bonds is 6. The lowest BCUT2D eigenvalue weighted by atomic mass is 10.1. The van der Waals surface area contributed by atoms with Crippen molar-refractivity contribution >= 4 is 51.6 Å². The molecule has 6 nitrogen and oxygen atoms in total. The lowest BCUT2D eigenvalue weighted by Gasteiger charge is -2.16. The van der Waals surface area contributed by atoms with Gasteiger partial charge < -0.3 is 10.6 Å². The zero-order chi connectivity index (χ0) is 16.7. The van der Waals surface area contributed by atoms with Gasteiger partial charge in [0.2, 0.25) is 10.0 Å². The van der Waals surface area contributed by atoms with Gasteiger partial charge >= 0.3 is 0 Å². The summed E-state index contributed by atoms with van der Waals surface area (Å²) in [4.78, 5) is 4.14. The Morgan fingerprint density at radius 3 is 2.71 bits per heavy atom. The fourth-order valence-corrected chi connectivity index (χ4v) is 4.22. The van der Waals surface area contributed by atoms with Gasteiger partial charge in [0.15, 0.2) is 5.96 Å². The van der Waals surface area contributed by atoms with Crippen molar-refractivity contribution in [3.8, 4) is 0 Å². The Labute approximate surface area is 166 Å². The van der Waals surface area contributed by atoms with E-state index >= 15 is 0 Å². The van der Waals surface area contributed by atoms with E-state index in [-0.39, 0.29) is 29.7 Å². The molecule has 0 bridgehead atoms. The maximum absolute atomic E-state index is 11.7. The van der Waals surface area contributed by atoms with Gasteiger partial charge in [-0.25, -0.2) is 12.7 Å². The summed E-state index contributed by atoms with van der Waals surface area (Å²) in [5, 5.41) is 7.08.